The van der Waals surface area contributed by atoms with Crippen molar-refractivity contribution in [3.63, 3.8) is 0 Å². The number of halogens is 6. The van der Waals surface area contributed by atoms with Gasteiger partial charge in [0.25, 0.3) is 5.60 Å². The number of esters is 2. The first-order chi connectivity index (χ1) is 20.1. The Hall–Kier alpha value is -4.79. The van der Waals surface area contributed by atoms with E-state index in [2.05, 4.69) is 20.1 Å². The Morgan fingerprint density at radius 3 is 1.63 bits per heavy atom. The van der Waals surface area contributed by atoms with Gasteiger partial charge in [-0.2, -0.15) is 26.3 Å². The normalized spacial score (nSPS) is 14.4. The molecule has 0 radical (unpaired) electrons. The Balaban J connectivity index is 1.81. The van der Waals surface area contributed by atoms with Gasteiger partial charge in [-0.05, 0) is 43.3 Å². The second-order valence-electron chi connectivity index (χ2n) is 8.75. The third-order valence-corrected chi connectivity index (χ3v) is 5.98. The zero-order valence-electron chi connectivity index (χ0n) is 22.4. The van der Waals surface area contributed by atoms with Crippen molar-refractivity contribution in [1.82, 2.24) is 0 Å². The number of rotatable bonds is 9. The van der Waals surface area contributed by atoms with Gasteiger partial charge in [0.1, 0.15) is 5.75 Å². The zero-order valence-corrected chi connectivity index (χ0v) is 22.4. The van der Waals surface area contributed by atoms with E-state index in [1.165, 1.54) is 37.3 Å². The average molecular weight is 614 g/mol. The molecule has 15 heteroatoms. The van der Waals surface area contributed by atoms with E-state index in [9.17, 15) is 45.8 Å². The summed E-state index contributed by atoms with van der Waals surface area (Å²) in [5.41, 5.74) is -9.12. The second kappa shape index (κ2) is 12.6. The van der Waals surface area contributed by atoms with Crippen molar-refractivity contribution in [3.05, 3.63) is 90.0 Å². The molecule has 0 aliphatic rings. The second-order valence-corrected chi connectivity index (χ2v) is 8.75. The minimum atomic E-state index is -5.42. The number of anilines is 2. The van der Waals surface area contributed by atoms with Crippen LogP contribution in [0.3, 0.4) is 0 Å². The van der Waals surface area contributed by atoms with Crippen LogP contribution in [0.2, 0.25) is 0 Å². The first kappa shape index (κ1) is 32.7. The zero-order chi connectivity index (χ0) is 32.1. The van der Waals surface area contributed by atoms with Crippen LogP contribution in [-0.4, -0.2) is 49.1 Å². The van der Waals surface area contributed by atoms with Gasteiger partial charge in [-0.25, -0.2) is 14.4 Å². The van der Waals surface area contributed by atoms with Crippen molar-refractivity contribution in [1.29, 1.82) is 0 Å². The fourth-order valence-corrected chi connectivity index (χ4v) is 3.87. The summed E-state index contributed by atoms with van der Waals surface area (Å²) < 4.78 is 97.7. The van der Waals surface area contributed by atoms with Crippen molar-refractivity contribution >= 4 is 29.3 Å². The molecular weight excluding hydrogens is 590 g/mol. The summed E-state index contributed by atoms with van der Waals surface area (Å²) in [6.07, 6.45) is -10.7. The van der Waals surface area contributed by atoms with Crippen LogP contribution in [0.5, 0.6) is 5.75 Å². The molecule has 0 saturated carbocycles. The number of aliphatic hydroxyl groups is 1. The Kier molecular flexibility index (Phi) is 9.59. The van der Waals surface area contributed by atoms with Crippen molar-refractivity contribution in [2.24, 2.45) is 0 Å². The van der Waals surface area contributed by atoms with Crippen LogP contribution in [0, 0.1) is 0 Å². The summed E-state index contributed by atoms with van der Waals surface area (Å²) in [5.74, 6) is -3.94. The molecule has 0 saturated heterocycles. The molecule has 0 aliphatic heterocycles. The molecule has 2 amide bonds. The number of urea groups is 1. The lowest BCUT2D eigenvalue weighted by Crippen LogP contribution is -2.54. The number of hydrogen-bond acceptors (Lipinski definition) is 7. The number of nitrogens with one attached hydrogen (secondary N) is 2. The minimum absolute atomic E-state index is 0.0349. The molecule has 3 aromatic rings. The van der Waals surface area contributed by atoms with Crippen molar-refractivity contribution in [3.8, 4) is 5.75 Å². The van der Waals surface area contributed by atoms with Gasteiger partial charge in [-0.15, -0.1) is 0 Å². The number of ether oxygens (including phenoxy) is 3. The molecule has 0 aliphatic carbocycles. The highest BCUT2D eigenvalue weighted by Gasteiger charge is 2.66. The SMILES string of the molecule is CCOC(=O)C(O)(c1ccc(NC(=O)Nc2ccc(C(Oc3ccccc3)(C(=O)OC)C(F)(F)F)cc2)cc1)C(F)(F)F. The number of alkyl halides is 6. The van der Waals surface area contributed by atoms with Crippen LogP contribution in [0.4, 0.5) is 42.5 Å². The summed E-state index contributed by atoms with van der Waals surface area (Å²) in [5, 5.41) is 14.7. The third kappa shape index (κ3) is 6.66. The number of methoxy groups -OCH3 is 1. The molecule has 0 heterocycles. The van der Waals surface area contributed by atoms with E-state index in [0.29, 0.717) is 0 Å². The molecule has 9 nitrogen and oxygen atoms in total. The number of benzene rings is 3. The van der Waals surface area contributed by atoms with Crippen molar-refractivity contribution < 1.29 is 60.0 Å². The quantitative estimate of drug-likeness (QED) is 0.210. The summed E-state index contributed by atoms with van der Waals surface area (Å²) in [6.45, 7) is 0.843. The maximum absolute atomic E-state index is 14.4. The van der Waals surface area contributed by atoms with Gasteiger partial charge in [0.05, 0.1) is 13.7 Å². The van der Waals surface area contributed by atoms with E-state index < -0.39 is 59.3 Å². The van der Waals surface area contributed by atoms with Crippen molar-refractivity contribution in [2.45, 2.75) is 30.5 Å². The molecule has 3 rings (SSSR count). The standard InChI is InChI=1S/C28H24F6N2O7/c1-3-42-22(37)25(40,27(29,30)31)17-9-13-19(14-10-17)35-24(39)36-20-15-11-18(12-16-20)26(23(38)41-2,28(32,33)34)43-21-7-5-4-6-8-21/h4-16,40H,3H2,1-2H3,(H2,35,36,39). The molecule has 3 N–H and O–H groups in total. The molecule has 2 unspecified atom stereocenters. The Labute approximate surface area is 240 Å². The average Bonchev–Trinajstić information content (AvgIpc) is 2.95. The molecule has 0 spiro atoms. The Morgan fingerprint density at radius 1 is 0.721 bits per heavy atom. The van der Waals surface area contributed by atoms with Gasteiger partial charge in [-0.1, -0.05) is 42.5 Å². The maximum Gasteiger partial charge on any atom is 0.444 e. The fraction of sp³-hybridized carbons (Fsp3) is 0.250. The predicted molar refractivity (Wildman–Crippen MR) is 139 cm³/mol. The lowest BCUT2D eigenvalue weighted by atomic mass is 9.92. The van der Waals surface area contributed by atoms with Gasteiger partial charge in [0.15, 0.2) is 0 Å². The number of amides is 2. The van der Waals surface area contributed by atoms with E-state index >= 15 is 0 Å². The summed E-state index contributed by atoms with van der Waals surface area (Å²) in [7, 11) is 0.768. The molecular formula is C28H24F6N2O7. The largest absolute Gasteiger partial charge is 0.466 e. The van der Waals surface area contributed by atoms with Gasteiger partial charge in [-0.3, -0.25) is 0 Å². The number of para-hydroxylation sites is 1. The van der Waals surface area contributed by atoms with Gasteiger partial charge in [0.2, 0.25) is 0 Å². The fourth-order valence-electron chi connectivity index (χ4n) is 3.87. The number of carbonyl (C=O) groups excluding carboxylic acids is 3. The van der Waals surface area contributed by atoms with Gasteiger partial charge in [0, 0.05) is 22.5 Å². The highest BCUT2D eigenvalue weighted by atomic mass is 19.4. The Morgan fingerprint density at radius 2 is 1.21 bits per heavy atom. The predicted octanol–water partition coefficient (Wildman–Crippen LogP) is 5.65. The van der Waals surface area contributed by atoms with E-state index in [1.54, 1.807) is 0 Å². The lowest BCUT2D eigenvalue weighted by Gasteiger charge is -2.33. The van der Waals surface area contributed by atoms with E-state index in [4.69, 9.17) is 4.74 Å². The maximum atomic E-state index is 14.4. The molecule has 0 fully saturated rings. The Bertz CT molecular complexity index is 1430. The third-order valence-electron chi connectivity index (χ3n) is 5.98. The summed E-state index contributed by atoms with van der Waals surface area (Å²) in [6, 6.07) is 13.2. The van der Waals surface area contributed by atoms with E-state index in [1.807, 2.05) is 0 Å². The van der Waals surface area contributed by atoms with Crippen LogP contribution < -0.4 is 15.4 Å². The van der Waals surface area contributed by atoms with Gasteiger partial charge >= 0.3 is 35.9 Å². The monoisotopic (exact) mass is 614 g/mol. The van der Waals surface area contributed by atoms with Gasteiger partial charge < -0.3 is 30.0 Å². The van der Waals surface area contributed by atoms with Crippen LogP contribution in [0.15, 0.2) is 78.9 Å². The van der Waals surface area contributed by atoms with Crippen LogP contribution in [-0.2, 0) is 30.3 Å². The molecule has 3 aromatic carbocycles. The highest BCUT2D eigenvalue weighted by molar-refractivity contribution is 5.99. The first-order valence-corrected chi connectivity index (χ1v) is 12.2. The number of carbonyl (C=O) groups is 3. The topological polar surface area (TPSA) is 123 Å². The van der Waals surface area contributed by atoms with Crippen LogP contribution >= 0.6 is 0 Å². The summed E-state index contributed by atoms with van der Waals surface area (Å²) >= 11 is 0. The molecule has 2 atom stereocenters. The molecule has 0 aromatic heterocycles. The molecule has 230 valence electrons. The molecule has 0 bridgehead atoms. The molecule has 43 heavy (non-hydrogen) atoms. The van der Waals surface area contributed by atoms with Crippen molar-refractivity contribution in [2.75, 3.05) is 24.4 Å². The highest BCUT2D eigenvalue weighted by Crippen LogP contribution is 2.44. The lowest BCUT2D eigenvalue weighted by molar-refractivity contribution is -0.268. The smallest absolute Gasteiger partial charge is 0.444 e. The minimum Gasteiger partial charge on any atom is -0.466 e. The van der Waals surface area contributed by atoms with Crippen LogP contribution in [0.25, 0.3) is 0 Å². The van der Waals surface area contributed by atoms with E-state index in [0.717, 1.165) is 55.6 Å². The number of hydrogen-bond donors (Lipinski definition) is 3. The van der Waals surface area contributed by atoms with E-state index in [-0.39, 0.29) is 17.1 Å². The summed E-state index contributed by atoms with van der Waals surface area (Å²) in [4.78, 5) is 36.9. The first-order valence-electron chi connectivity index (χ1n) is 12.2. The van der Waals surface area contributed by atoms with Crippen LogP contribution in [0.1, 0.15) is 18.1 Å².